The summed E-state index contributed by atoms with van der Waals surface area (Å²) in [4.78, 5) is 11.0. The standard InChI is InChI=1S/C16H15NO4S/c1-2-12-17(14-10-8-13(9-11-14)16(18)19)22(20,21)15-6-4-3-5-7-15/h2-11H,1,12H2,(H,18,19). The molecule has 0 aliphatic heterocycles. The summed E-state index contributed by atoms with van der Waals surface area (Å²) in [5.74, 6) is -1.06. The van der Waals surface area contributed by atoms with E-state index < -0.39 is 16.0 Å². The Morgan fingerprint density at radius 2 is 1.68 bits per heavy atom. The molecule has 0 aliphatic carbocycles. The van der Waals surface area contributed by atoms with E-state index in [-0.39, 0.29) is 17.0 Å². The van der Waals surface area contributed by atoms with Gasteiger partial charge in [-0.1, -0.05) is 24.3 Å². The molecule has 5 nitrogen and oxygen atoms in total. The first-order valence-corrected chi connectivity index (χ1v) is 7.93. The molecule has 22 heavy (non-hydrogen) atoms. The van der Waals surface area contributed by atoms with Gasteiger partial charge in [-0.15, -0.1) is 6.58 Å². The monoisotopic (exact) mass is 317 g/mol. The number of aromatic carboxylic acids is 1. The summed E-state index contributed by atoms with van der Waals surface area (Å²) in [6.45, 7) is 3.67. The molecule has 0 atom stereocenters. The number of sulfonamides is 1. The van der Waals surface area contributed by atoms with Gasteiger partial charge in [0.1, 0.15) is 0 Å². The Morgan fingerprint density at radius 1 is 1.09 bits per heavy atom. The van der Waals surface area contributed by atoms with Crippen LogP contribution in [0.25, 0.3) is 0 Å². The molecule has 0 saturated heterocycles. The molecule has 2 aromatic rings. The van der Waals surface area contributed by atoms with E-state index in [1.807, 2.05) is 0 Å². The van der Waals surface area contributed by atoms with E-state index in [0.29, 0.717) is 5.69 Å². The van der Waals surface area contributed by atoms with Crippen LogP contribution in [0.2, 0.25) is 0 Å². The van der Waals surface area contributed by atoms with Gasteiger partial charge in [0.15, 0.2) is 0 Å². The van der Waals surface area contributed by atoms with E-state index in [0.717, 1.165) is 0 Å². The highest BCUT2D eigenvalue weighted by molar-refractivity contribution is 7.92. The van der Waals surface area contributed by atoms with Crippen LogP contribution in [0.15, 0.2) is 72.1 Å². The van der Waals surface area contributed by atoms with Gasteiger partial charge in [-0.05, 0) is 36.4 Å². The predicted molar refractivity (Wildman–Crippen MR) is 84.6 cm³/mol. The first kappa shape index (κ1) is 15.8. The number of benzene rings is 2. The Bertz CT molecular complexity index is 768. The molecule has 0 aromatic heterocycles. The van der Waals surface area contributed by atoms with Crippen LogP contribution < -0.4 is 4.31 Å². The number of carboxylic acid groups (broad SMARTS) is 1. The molecule has 0 fully saturated rings. The molecular weight excluding hydrogens is 302 g/mol. The van der Waals surface area contributed by atoms with Crippen LogP contribution >= 0.6 is 0 Å². The summed E-state index contributed by atoms with van der Waals surface area (Å²) in [5.41, 5.74) is 0.480. The lowest BCUT2D eigenvalue weighted by atomic mass is 10.2. The minimum absolute atomic E-state index is 0.0870. The molecule has 0 bridgehead atoms. The third-order valence-electron chi connectivity index (χ3n) is 3.03. The van der Waals surface area contributed by atoms with Gasteiger partial charge in [-0.25, -0.2) is 13.2 Å². The fourth-order valence-corrected chi connectivity index (χ4v) is 3.41. The summed E-state index contributed by atoms with van der Waals surface area (Å²) in [7, 11) is -3.73. The van der Waals surface area contributed by atoms with Crippen molar-refractivity contribution in [1.29, 1.82) is 0 Å². The van der Waals surface area contributed by atoms with E-state index >= 15 is 0 Å². The normalized spacial score (nSPS) is 10.9. The molecule has 0 heterocycles. The van der Waals surface area contributed by atoms with Gasteiger partial charge in [0.05, 0.1) is 22.7 Å². The molecule has 0 aliphatic rings. The average Bonchev–Trinajstić information content (AvgIpc) is 2.53. The first-order valence-electron chi connectivity index (χ1n) is 6.49. The molecular formula is C16H15NO4S. The van der Waals surface area contributed by atoms with Gasteiger partial charge < -0.3 is 5.11 Å². The molecule has 2 rings (SSSR count). The van der Waals surface area contributed by atoms with Crippen molar-refractivity contribution in [3.05, 3.63) is 72.8 Å². The highest BCUT2D eigenvalue weighted by Crippen LogP contribution is 2.24. The molecule has 0 amide bonds. The quantitative estimate of drug-likeness (QED) is 0.831. The van der Waals surface area contributed by atoms with Crippen molar-refractivity contribution in [2.45, 2.75) is 4.90 Å². The van der Waals surface area contributed by atoms with Crippen molar-refractivity contribution in [3.63, 3.8) is 0 Å². The van der Waals surface area contributed by atoms with Crippen molar-refractivity contribution in [2.24, 2.45) is 0 Å². The van der Waals surface area contributed by atoms with Crippen molar-refractivity contribution >= 4 is 21.7 Å². The number of hydrogen-bond acceptors (Lipinski definition) is 3. The van der Waals surface area contributed by atoms with E-state index in [1.165, 1.54) is 46.8 Å². The molecule has 114 valence electrons. The van der Waals surface area contributed by atoms with Crippen molar-refractivity contribution in [1.82, 2.24) is 0 Å². The molecule has 0 unspecified atom stereocenters. The zero-order chi connectivity index (χ0) is 16.2. The summed E-state index contributed by atoms with van der Waals surface area (Å²) in [6, 6.07) is 13.7. The van der Waals surface area contributed by atoms with Crippen LogP contribution in [0.3, 0.4) is 0 Å². The van der Waals surface area contributed by atoms with Gasteiger partial charge in [0, 0.05) is 0 Å². The number of anilines is 1. The lowest BCUT2D eigenvalue weighted by Gasteiger charge is -2.23. The topological polar surface area (TPSA) is 74.7 Å². The summed E-state index contributed by atoms with van der Waals surface area (Å²) in [6.07, 6.45) is 1.48. The fourth-order valence-electron chi connectivity index (χ4n) is 1.95. The van der Waals surface area contributed by atoms with Crippen LogP contribution in [-0.2, 0) is 10.0 Å². The van der Waals surface area contributed by atoms with Crippen molar-refractivity contribution in [3.8, 4) is 0 Å². The number of rotatable bonds is 6. The average molecular weight is 317 g/mol. The number of carboxylic acids is 1. The molecule has 1 N–H and O–H groups in total. The summed E-state index contributed by atoms with van der Waals surface area (Å²) >= 11 is 0. The molecule has 0 radical (unpaired) electrons. The van der Waals surface area contributed by atoms with Crippen LogP contribution in [0.4, 0.5) is 5.69 Å². The summed E-state index contributed by atoms with van der Waals surface area (Å²) < 4.78 is 26.6. The highest BCUT2D eigenvalue weighted by Gasteiger charge is 2.23. The summed E-state index contributed by atoms with van der Waals surface area (Å²) in [5, 5.41) is 8.91. The second-order valence-corrected chi connectivity index (χ2v) is 6.35. The minimum Gasteiger partial charge on any atom is -0.478 e. The largest absolute Gasteiger partial charge is 0.478 e. The number of nitrogens with zero attached hydrogens (tertiary/aromatic N) is 1. The number of hydrogen-bond donors (Lipinski definition) is 1. The highest BCUT2D eigenvalue weighted by atomic mass is 32.2. The van der Waals surface area contributed by atoms with Crippen molar-refractivity contribution < 1.29 is 18.3 Å². The van der Waals surface area contributed by atoms with Gasteiger partial charge in [0.2, 0.25) is 0 Å². The SMILES string of the molecule is C=CCN(c1ccc(C(=O)O)cc1)S(=O)(=O)c1ccccc1. The Hall–Kier alpha value is -2.60. The van der Waals surface area contributed by atoms with Crippen LogP contribution in [-0.4, -0.2) is 26.0 Å². The Balaban J connectivity index is 2.46. The van der Waals surface area contributed by atoms with Crippen molar-refractivity contribution in [2.75, 3.05) is 10.8 Å². The van der Waals surface area contributed by atoms with Crippen LogP contribution in [0, 0.1) is 0 Å². The van der Waals surface area contributed by atoms with E-state index in [1.54, 1.807) is 18.2 Å². The van der Waals surface area contributed by atoms with Crippen LogP contribution in [0.5, 0.6) is 0 Å². The van der Waals surface area contributed by atoms with Gasteiger partial charge in [0.25, 0.3) is 10.0 Å². The predicted octanol–water partition coefficient (Wildman–Crippen LogP) is 2.77. The maximum atomic E-state index is 12.7. The second kappa shape index (κ2) is 6.44. The Labute approximate surface area is 129 Å². The number of carbonyl (C=O) groups is 1. The zero-order valence-corrected chi connectivity index (χ0v) is 12.5. The lowest BCUT2D eigenvalue weighted by molar-refractivity contribution is 0.0697. The van der Waals surface area contributed by atoms with E-state index in [9.17, 15) is 13.2 Å². The molecule has 0 saturated carbocycles. The fraction of sp³-hybridized carbons (Fsp3) is 0.0625. The molecule has 6 heteroatoms. The minimum atomic E-state index is -3.73. The molecule has 0 spiro atoms. The van der Waals surface area contributed by atoms with Gasteiger partial charge in [-0.3, -0.25) is 4.31 Å². The Morgan fingerprint density at radius 3 is 2.18 bits per heavy atom. The second-order valence-electron chi connectivity index (χ2n) is 4.49. The van der Waals surface area contributed by atoms with E-state index in [4.69, 9.17) is 5.11 Å². The maximum Gasteiger partial charge on any atom is 0.335 e. The third kappa shape index (κ3) is 3.17. The van der Waals surface area contributed by atoms with E-state index in [2.05, 4.69) is 6.58 Å². The Kier molecular flexibility index (Phi) is 4.62. The third-order valence-corrected chi connectivity index (χ3v) is 4.84. The molecule has 2 aromatic carbocycles. The smallest absolute Gasteiger partial charge is 0.335 e. The maximum absolute atomic E-state index is 12.7. The zero-order valence-electron chi connectivity index (χ0n) is 11.7. The van der Waals surface area contributed by atoms with Crippen LogP contribution in [0.1, 0.15) is 10.4 Å². The van der Waals surface area contributed by atoms with Gasteiger partial charge in [-0.2, -0.15) is 0 Å². The first-order chi connectivity index (χ1) is 10.5. The van der Waals surface area contributed by atoms with Gasteiger partial charge >= 0.3 is 5.97 Å². The lowest BCUT2D eigenvalue weighted by Crippen LogP contribution is -2.31.